The van der Waals surface area contributed by atoms with Crippen molar-refractivity contribution in [1.82, 2.24) is 0 Å². The summed E-state index contributed by atoms with van der Waals surface area (Å²) in [4.78, 5) is 0. The molecule has 0 saturated heterocycles. The molecule has 0 aliphatic rings. The highest BCUT2D eigenvalue weighted by atomic mass is 19.2. The van der Waals surface area contributed by atoms with Gasteiger partial charge in [-0.15, -0.1) is 0 Å². The first kappa shape index (κ1) is 18.8. The molecule has 10 heteroatoms. The van der Waals surface area contributed by atoms with Crippen molar-refractivity contribution in [1.29, 1.82) is 0 Å². The van der Waals surface area contributed by atoms with Gasteiger partial charge in [0.05, 0.1) is 0 Å². The first-order valence-electron chi connectivity index (χ1n) is 6.72. The topological polar surface area (TPSA) is 24.1 Å². The Kier molecular flexibility index (Phi) is 5.09. The van der Waals surface area contributed by atoms with Crippen LogP contribution in [-0.4, -0.2) is 14.1 Å². The van der Waals surface area contributed by atoms with Gasteiger partial charge in [-0.1, -0.05) is 0 Å². The number of halogens is 8. The van der Waals surface area contributed by atoms with Crippen LogP contribution in [0.1, 0.15) is 11.1 Å². The minimum Gasteiger partial charge on any atom is -0.383 e. The molecule has 0 aliphatic heterocycles. The number of hydrogen-bond donors (Lipinski definition) is 2. The van der Waals surface area contributed by atoms with Gasteiger partial charge in [-0.05, 0) is 0 Å². The van der Waals surface area contributed by atoms with Gasteiger partial charge < -0.3 is 10.6 Å². The summed E-state index contributed by atoms with van der Waals surface area (Å²) in [5.41, 5.74) is -5.10. The van der Waals surface area contributed by atoms with Gasteiger partial charge in [0.2, 0.25) is 0 Å². The molecule has 136 valence electrons. The lowest BCUT2D eigenvalue weighted by atomic mass is 10.0. The Morgan fingerprint density at radius 3 is 0.920 bits per heavy atom. The van der Waals surface area contributed by atoms with E-state index in [0.717, 1.165) is 14.1 Å². The second-order valence-corrected chi connectivity index (χ2v) is 4.90. The molecule has 0 heterocycles. The molecular formula is C15H10F8N2. The quantitative estimate of drug-likeness (QED) is 0.613. The first-order chi connectivity index (χ1) is 11.7. The maximum absolute atomic E-state index is 13.9. The number of anilines is 2. The molecule has 0 fully saturated rings. The molecule has 2 N–H and O–H groups in total. The van der Waals surface area contributed by atoms with Gasteiger partial charge in [-0.25, -0.2) is 35.1 Å². The SMILES string of the molecule is CNc1c(F)c(F)c(Cc2c(F)c(F)c(NC)c(F)c2F)c(F)c1F. The van der Waals surface area contributed by atoms with Crippen LogP contribution in [0.4, 0.5) is 46.5 Å². The van der Waals surface area contributed by atoms with Crippen molar-refractivity contribution in [3.8, 4) is 0 Å². The van der Waals surface area contributed by atoms with E-state index in [1.54, 1.807) is 0 Å². The summed E-state index contributed by atoms with van der Waals surface area (Å²) in [5.74, 6) is -15.1. The van der Waals surface area contributed by atoms with Crippen molar-refractivity contribution in [2.24, 2.45) is 0 Å². The fraction of sp³-hybridized carbons (Fsp3) is 0.200. The van der Waals surface area contributed by atoms with E-state index in [-0.39, 0.29) is 0 Å². The molecule has 0 spiro atoms. The average Bonchev–Trinajstić information content (AvgIpc) is 2.59. The van der Waals surface area contributed by atoms with E-state index in [0.29, 0.717) is 0 Å². The van der Waals surface area contributed by atoms with Crippen molar-refractivity contribution < 1.29 is 35.1 Å². The third kappa shape index (κ3) is 2.85. The third-order valence-electron chi connectivity index (χ3n) is 3.56. The summed E-state index contributed by atoms with van der Waals surface area (Å²) in [5, 5.41) is 3.77. The smallest absolute Gasteiger partial charge is 0.185 e. The molecule has 0 aromatic heterocycles. The maximum atomic E-state index is 13.9. The molecule has 0 bridgehead atoms. The Labute approximate surface area is 136 Å². The van der Waals surface area contributed by atoms with Gasteiger partial charge >= 0.3 is 0 Å². The number of hydrogen-bond acceptors (Lipinski definition) is 2. The Morgan fingerprint density at radius 2 is 0.720 bits per heavy atom. The molecular weight excluding hydrogens is 360 g/mol. The zero-order valence-corrected chi connectivity index (χ0v) is 12.7. The molecule has 2 nitrogen and oxygen atoms in total. The van der Waals surface area contributed by atoms with Crippen LogP contribution in [0.2, 0.25) is 0 Å². The van der Waals surface area contributed by atoms with E-state index < -0.39 is 75.5 Å². The van der Waals surface area contributed by atoms with Crippen LogP contribution in [0.15, 0.2) is 0 Å². The fourth-order valence-electron chi connectivity index (χ4n) is 2.28. The Bertz CT molecular complexity index is 723. The van der Waals surface area contributed by atoms with E-state index in [9.17, 15) is 35.1 Å². The van der Waals surface area contributed by atoms with Gasteiger partial charge in [-0.3, -0.25) is 0 Å². The minimum absolute atomic E-state index is 0.987. The van der Waals surface area contributed by atoms with Crippen LogP contribution < -0.4 is 10.6 Å². The van der Waals surface area contributed by atoms with Crippen molar-refractivity contribution in [2.75, 3.05) is 24.7 Å². The average molecular weight is 370 g/mol. The fourth-order valence-corrected chi connectivity index (χ4v) is 2.28. The van der Waals surface area contributed by atoms with E-state index in [1.807, 2.05) is 10.6 Å². The maximum Gasteiger partial charge on any atom is 0.185 e. The molecule has 2 rings (SSSR count). The van der Waals surface area contributed by atoms with Crippen molar-refractivity contribution in [3.05, 3.63) is 57.7 Å². The molecule has 2 aromatic rings. The van der Waals surface area contributed by atoms with Crippen molar-refractivity contribution >= 4 is 11.4 Å². The molecule has 0 radical (unpaired) electrons. The van der Waals surface area contributed by atoms with Crippen molar-refractivity contribution in [2.45, 2.75) is 6.42 Å². The molecule has 0 saturated carbocycles. The largest absolute Gasteiger partial charge is 0.383 e. The summed E-state index contributed by atoms with van der Waals surface area (Å²) in [6.45, 7) is 0. The van der Waals surface area contributed by atoms with Crippen LogP contribution in [0.3, 0.4) is 0 Å². The summed E-state index contributed by atoms with van der Waals surface area (Å²) < 4.78 is 110. The molecule has 25 heavy (non-hydrogen) atoms. The summed E-state index contributed by atoms with van der Waals surface area (Å²) in [6.07, 6.45) is -1.45. The highest BCUT2D eigenvalue weighted by molar-refractivity contribution is 5.52. The van der Waals surface area contributed by atoms with Crippen LogP contribution in [0, 0.1) is 46.5 Å². The summed E-state index contributed by atoms with van der Waals surface area (Å²) in [7, 11) is 1.97. The first-order valence-corrected chi connectivity index (χ1v) is 6.72. The van der Waals surface area contributed by atoms with Gasteiger partial charge in [0.25, 0.3) is 0 Å². The lowest BCUT2D eigenvalue weighted by Crippen LogP contribution is -2.13. The number of nitrogens with one attached hydrogen (secondary N) is 2. The van der Waals surface area contributed by atoms with E-state index in [4.69, 9.17) is 0 Å². The number of benzene rings is 2. The normalized spacial score (nSPS) is 11.0. The van der Waals surface area contributed by atoms with E-state index in [2.05, 4.69) is 0 Å². The monoisotopic (exact) mass is 370 g/mol. The zero-order chi connectivity index (χ0) is 19.0. The Balaban J connectivity index is 2.70. The van der Waals surface area contributed by atoms with Crippen LogP contribution in [0.5, 0.6) is 0 Å². The lowest BCUT2D eigenvalue weighted by molar-refractivity contribution is 0.431. The van der Waals surface area contributed by atoms with Gasteiger partial charge in [0.1, 0.15) is 11.4 Å². The van der Waals surface area contributed by atoms with Crippen LogP contribution in [0.25, 0.3) is 0 Å². The third-order valence-corrected chi connectivity index (χ3v) is 3.56. The predicted molar refractivity (Wildman–Crippen MR) is 74.4 cm³/mol. The Hall–Kier alpha value is -2.52. The van der Waals surface area contributed by atoms with Crippen LogP contribution >= 0.6 is 0 Å². The summed E-state index contributed by atoms with van der Waals surface area (Å²) >= 11 is 0. The second kappa shape index (κ2) is 6.77. The van der Waals surface area contributed by atoms with Gasteiger partial charge in [-0.2, -0.15) is 0 Å². The summed E-state index contributed by atoms with van der Waals surface area (Å²) in [6, 6.07) is 0. The molecule has 0 unspecified atom stereocenters. The minimum atomic E-state index is -1.94. The molecule has 2 aromatic carbocycles. The molecule has 0 amide bonds. The van der Waals surface area contributed by atoms with Crippen LogP contribution in [-0.2, 0) is 6.42 Å². The standard InChI is InChI=1S/C15H10F8N2/c1-24-14-10(20)6(16)4(7(17)11(14)21)3-5-8(18)12(22)15(25-2)13(23)9(5)19/h24-25H,3H2,1-2H3. The lowest BCUT2D eigenvalue weighted by Gasteiger charge is -2.14. The highest BCUT2D eigenvalue weighted by Gasteiger charge is 2.30. The van der Waals surface area contributed by atoms with Gasteiger partial charge in [0, 0.05) is 31.6 Å². The zero-order valence-electron chi connectivity index (χ0n) is 12.7. The van der Waals surface area contributed by atoms with E-state index >= 15 is 0 Å². The van der Waals surface area contributed by atoms with E-state index in [1.165, 1.54) is 0 Å². The second-order valence-electron chi connectivity index (χ2n) is 4.90. The highest BCUT2D eigenvalue weighted by Crippen LogP contribution is 2.33. The Morgan fingerprint density at radius 1 is 0.480 bits per heavy atom. The predicted octanol–water partition coefficient (Wildman–Crippen LogP) is 4.47. The van der Waals surface area contributed by atoms with Gasteiger partial charge in [0.15, 0.2) is 46.5 Å². The van der Waals surface area contributed by atoms with Crippen molar-refractivity contribution in [3.63, 3.8) is 0 Å². The number of rotatable bonds is 4. The molecule has 0 aliphatic carbocycles. The molecule has 0 atom stereocenters.